The van der Waals surface area contributed by atoms with Crippen molar-refractivity contribution in [2.45, 2.75) is 39.8 Å². The number of ether oxygens (including phenoxy) is 2. The Morgan fingerprint density at radius 3 is 1.50 bits per heavy atom. The molecule has 0 aromatic heterocycles. The summed E-state index contributed by atoms with van der Waals surface area (Å²) in [5.74, 6) is 0.853. The molecule has 1 rings (SSSR count). The van der Waals surface area contributed by atoms with Crippen LogP contribution < -0.4 is 0 Å². The van der Waals surface area contributed by atoms with E-state index >= 15 is 0 Å². The van der Waals surface area contributed by atoms with Crippen molar-refractivity contribution in [3.05, 3.63) is 0 Å². The molecule has 1 aliphatic rings. The van der Waals surface area contributed by atoms with Crippen LogP contribution in [0.25, 0.3) is 0 Å². The number of methoxy groups -OCH3 is 2. The molecule has 5 nitrogen and oxygen atoms in total. The Hall–Kier alpha value is -0.810. The van der Waals surface area contributed by atoms with Crippen LogP contribution in [0.3, 0.4) is 0 Å². The number of urea groups is 1. The molecule has 1 aliphatic heterocycles. The minimum atomic E-state index is 0.122. The van der Waals surface area contributed by atoms with Gasteiger partial charge in [-0.2, -0.15) is 0 Å². The second-order valence-corrected chi connectivity index (χ2v) is 6.12. The molecule has 118 valence electrons. The average molecular weight is 286 g/mol. The van der Waals surface area contributed by atoms with Crippen LogP contribution in [0.1, 0.15) is 27.7 Å². The molecular weight excluding hydrogens is 256 g/mol. The number of carbonyl (C=O) groups excluding carboxylic acids is 1. The van der Waals surface area contributed by atoms with E-state index in [0.29, 0.717) is 38.1 Å². The van der Waals surface area contributed by atoms with Crippen LogP contribution in [0.4, 0.5) is 4.79 Å². The van der Waals surface area contributed by atoms with Gasteiger partial charge >= 0.3 is 6.03 Å². The first-order valence-corrected chi connectivity index (χ1v) is 7.50. The topological polar surface area (TPSA) is 42.0 Å². The minimum Gasteiger partial charge on any atom is -0.383 e. The average Bonchev–Trinajstić information content (AvgIpc) is 2.67. The van der Waals surface area contributed by atoms with Crippen LogP contribution in [0.15, 0.2) is 0 Å². The monoisotopic (exact) mass is 286 g/mol. The molecule has 2 amide bonds. The van der Waals surface area contributed by atoms with Crippen molar-refractivity contribution < 1.29 is 14.3 Å². The second kappa shape index (κ2) is 7.84. The fourth-order valence-corrected chi connectivity index (χ4v) is 3.17. The zero-order chi connectivity index (χ0) is 15.3. The molecule has 0 spiro atoms. The van der Waals surface area contributed by atoms with Gasteiger partial charge in [0.2, 0.25) is 0 Å². The van der Waals surface area contributed by atoms with Gasteiger partial charge in [0.05, 0.1) is 25.3 Å². The lowest BCUT2D eigenvalue weighted by Crippen LogP contribution is -2.45. The molecule has 20 heavy (non-hydrogen) atoms. The van der Waals surface area contributed by atoms with Crippen molar-refractivity contribution in [1.82, 2.24) is 9.80 Å². The lowest BCUT2D eigenvalue weighted by Gasteiger charge is -2.33. The molecule has 1 saturated heterocycles. The van der Waals surface area contributed by atoms with Crippen molar-refractivity contribution in [2.75, 3.05) is 40.5 Å². The largest absolute Gasteiger partial charge is 0.383 e. The maximum absolute atomic E-state index is 12.7. The van der Waals surface area contributed by atoms with E-state index in [-0.39, 0.29) is 18.1 Å². The lowest BCUT2D eigenvalue weighted by molar-refractivity contribution is 0.121. The van der Waals surface area contributed by atoms with E-state index in [4.69, 9.17) is 9.47 Å². The van der Waals surface area contributed by atoms with Gasteiger partial charge in [-0.1, -0.05) is 27.7 Å². The zero-order valence-electron chi connectivity index (χ0n) is 13.8. The van der Waals surface area contributed by atoms with E-state index in [1.165, 1.54) is 0 Å². The highest BCUT2D eigenvalue weighted by Gasteiger charge is 2.47. The summed E-state index contributed by atoms with van der Waals surface area (Å²) >= 11 is 0. The van der Waals surface area contributed by atoms with Gasteiger partial charge in [0.25, 0.3) is 0 Å². The van der Waals surface area contributed by atoms with Crippen LogP contribution in [-0.4, -0.2) is 68.4 Å². The van der Waals surface area contributed by atoms with Crippen molar-refractivity contribution in [2.24, 2.45) is 11.8 Å². The second-order valence-electron chi connectivity index (χ2n) is 6.12. The summed E-state index contributed by atoms with van der Waals surface area (Å²) in [6, 6.07) is 0.612. The molecule has 0 aliphatic carbocycles. The Morgan fingerprint density at radius 2 is 1.25 bits per heavy atom. The lowest BCUT2D eigenvalue weighted by atomic mass is 9.88. The van der Waals surface area contributed by atoms with E-state index in [2.05, 4.69) is 27.7 Å². The third kappa shape index (κ3) is 3.64. The Labute approximate surface area is 123 Å². The predicted molar refractivity (Wildman–Crippen MR) is 79.8 cm³/mol. The number of nitrogens with zero attached hydrogens (tertiary/aromatic N) is 2. The number of amides is 2. The Balaban J connectivity index is 2.96. The number of carbonyl (C=O) groups is 1. The highest BCUT2D eigenvalue weighted by Crippen LogP contribution is 2.32. The SMILES string of the molecule is COCCN1C(=O)N(CCOC)C(C(C)C)C1C(C)C. The molecule has 0 N–H and O–H groups in total. The molecule has 2 atom stereocenters. The van der Waals surface area contributed by atoms with Crippen molar-refractivity contribution in [1.29, 1.82) is 0 Å². The van der Waals surface area contributed by atoms with Gasteiger partial charge in [-0.15, -0.1) is 0 Å². The molecule has 0 radical (unpaired) electrons. The molecule has 2 unspecified atom stereocenters. The van der Waals surface area contributed by atoms with Crippen LogP contribution in [0.2, 0.25) is 0 Å². The number of hydrogen-bond donors (Lipinski definition) is 0. The zero-order valence-corrected chi connectivity index (χ0v) is 13.8. The van der Waals surface area contributed by atoms with Crippen molar-refractivity contribution in [3.63, 3.8) is 0 Å². The van der Waals surface area contributed by atoms with Crippen molar-refractivity contribution >= 4 is 6.03 Å². The van der Waals surface area contributed by atoms with E-state index in [1.807, 2.05) is 9.80 Å². The van der Waals surface area contributed by atoms with Gasteiger partial charge in [-0.3, -0.25) is 0 Å². The Morgan fingerprint density at radius 1 is 0.900 bits per heavy atom. The van der Waals surface area contributed by atoms with Gasteiger partial charge < -0.3 is 19.3 Å². The molecular formula is C15H30N2O3. The summed E-state index contributed by atoms with van der Waals surface area (Å²) in [5, 5.41) is 0. The quantitative estimate of drug-likeness (QED) is 0.686. The normalized spacial score (nSPS) is 23.5. The third-order valence-electron chi connectivity index (χ3n) is 4.00. The summed E-state index contributed by atoms with van der Waals surface area (Å²) in [7, 11) is 3.35. The third-order valence-corrected chi connectivity index (χ3v) is 4.00. The van der Waals surface area contributed by atoms with E-state index in [1.54, 1.807) is 14.2 Å². The van der Waals surface area contributed by atoms with Crippen LogP contribution >= 0.6 is 0 Å². The van der Waals surface area contributed by atoms with Gasteiger partial charge in [-0.25, -0.2) is 4.79 Å². The van der Waals surface area contributed by atoms with E-state index in [0.717, 1.165) is 0 Å². The molecule has 5 heteroatoms. The van der Waals surface area contributed by atoms with Crippen molar-refractivity contribution in [3.8, 4) is 0 Å². The van der Waals surface area contributed by atoms with E-state index < -0.39 is 0 Å². The molecule has 0 aromatic carbocycles. The Kier molecular flexibility index (Phi) is 6.76. The standard InChI is InChI=1S/C15H30N2O3/c1-11(2)13-14(12(3)4)17(8-10-20-6)15(18)16(13)7-9-19-5/h11-14H,7-10H2,1-6H3. The molecule has 0 saturated carbocycles. The minimum absolute atomic E-state index is 0.122. The maximum Gasteiger partial charge on any atom is 0.320 e. The van der Waals surface area contributed by atoms with Crippen LogP contribution in [0.5, 0.6) is 0 Å². The van der Waals surface area contributed by atoms with Gasteiger partial charge in [0, 0.05) is 27.3 Å². The van der Waals surface area contributed by atoms with Crippen LogP contribution in [-0.2, 0) is 9.47 Å². The summed E-state index contributed by atoms with van der Waals surface area (Å²) in [6.45, 7) is 11.2. The van der Waals surface area contributed by atoms with Crippen LogP contribution in [0, 0.1) is 11.8 Å². The summed E-state index contributed by atoms with van der Waals surface area (Å²) < 4.78 is 10.3. The first kappa shape index (κ1) is 17.2. The first-order valence-electron chi connectivity index (χ1n) is 7.50. The smallest absolute Gasteiger partial charge is 0.320 e. The maximum atomic E-state index is 12.7. The van der Waals surface area contributed by atoms with E-state index in [9.17, 15) is 4.79 Å². The fraction of sp³-hybridized carbons (Fsp3) is 0.933. The summed E-state index contributed by atoms with van der Waals surface area (Å²) in [4.78, 5) is 16.6. The Bertz CT molecular complexity index is 279. The highest BCUT2D eigenvalue weighted by atomic mass is 16.5. The summed E-state index contributed by atoms with van der Waals surface area (Å²) in [5.41, 5.74) is 0. The van der Waals surface area contributed by atoms with Gasteiger partial charge in [-0.05, 0) is 11.8 Å². The number of hydrogen-bond acceptors (Lipinski definition) is 3. The number of rotatable bonds is 8. The molecule has 0 bridgehead atoms. The molecule has 1 fully saturated rings. The highest BCUT2D eigenvalue weighted by molar-refractivity contribution is 5.78. The first-order chi connectivity index (χ1) is 9.45. The predicted octanol–water partition coefficient (Wildman–Crippen LogP) is 2.07. The molecule has 0 aromatic rings. The van der Waals surface area contributed by atoms with Gasteiger partial charge in [0.1, 0.15) is 0 Å². The fourth-order valence-electron chi connectivity index (χ4n) is 3.17. The molecule has 1 heterocycles. The summed E-state index contributed by atoms with van der Waals surface area (Å²) in [6.07, 6.45) is 0. The van der Waals surface area contributed by atoms with Gasteiger partial charge in [0.15, 0.2) is 0 Å².